The zero-order chi connectivity index (χ0) is 15.2. The molecule has 1 aromatic rings. The Balaban J connectivity index is 2.18. The maximum absolute atomic E-state index is 13.0. The number of ether oxygens (including phenoxy) is 1. The first-order valence-corrected chi connectivity index (χ1v) is 6.96. The molecule has 1 aliphatic rings. The topological polar surface area (TPSA) is 58.6 Å². The van der Waals surface area contributed by atoms with Gasteiger partial charge in [0, 0.05) is 11.6 Å². The highest BCUT2D eigenvalue weighted by molar-refractivity contribution is 5.96. The second-order valence-corrected chi connectivity index (χ2v) is 5.00. The Morgan fingerprint density at radius 2 is 1.90 bits per heavy atom. The van der Waals surface area contributed by atoms with Crippen LogP contribution < -0.4 is 5.32 Å². The van der Waals surface area contributed by atoms with Crippen LogP contribution in [0.1, 0.15) is 23.2 Å². The summed E-state index contributed by atoms with van der Waals surface area (Å²) in [5.74, 6) is -1.12. The number of rotatable bonds is 4. The van der Waals surface area contributed by atoms with Gasteiger partial charge in [-0.15, -0.1) is 0 Å². The molecule has 5 nitrogen and oxygen atoms in total. The Kier molecular flexibility index (Phi) is 5.27. The first-order valence-electron chi connectivity index (χ1n) is 6.96. The molecule has 0 radical (unpaired) electrons. The van der Waals surface area contributed by atoms with E-state index in [2.05, 4.69) is 10.1 Å². The Hall–Kier alpha value is -1.95. The molecular weight excluding hydrogens is 275 g/mol. The molecule has 0 atom stereocenters. The Bertz CT molecular complexity index is 498. The minimum atomic E-state index is -0.455. The first kappa shape index (κ1) is 15.4. The lowest BCUT2D eigenvalue weighted by atomic mass is 10.0. The van der Waals surface area contributed by atoms with E-state index in [9.17, 15) is 14.0 Å². The Morgan fingerprint density at radius 3 is 2.48 bits per heavy atom. The van der Waals surface area contributed by atoms with Gasteiger partial charge in [0.25, 0.3) is 5.91 Å². The van der Waals surface area contributed by atoms with Crippen LogP contribution in [0, 0.1) is 5.82 Å². The molecule has 1 aromatic carbocycles. The third-order valence-corrected chi connectivity index (χ3v) is 3.63. The molecule has 0 aliphatic carbocycles. The molecular formula is C15H19FN2O3. The van der Waals surface area contributed by atoms with E-state index in [1.807, 2.05) is 0 Å². The molecule has 1 amide bonds. The summed E-state index contributed by atoms with van der Waals surface area (Å²) in [6, 6.07) is 5.34. The zero-order valence-corrected chi connectivity index (χ0v) is 12.0. The number of nitrogens with one attached hydrogen (secondary N) is 1. The molecule has 0 saturated carbocycles. The van der Waals surface area contributed by atoms with Crippen LogP contribution in [-0.2, 0) is 9.53 Å². The van der Waals surface area contributed by atoms with Crippen LogP contribution in [0.5, 0.6) is 0 Å². The van der Waals surface area contributed by atoms with Gasteiger partial charge in [0.2, 0.25) is 0 Å². The first-order chi connectivity index (χ1) is 10.1. The molecule has 1 fully saturated rings. The molecule has 1 N–H and O–H groups in total. The quantitative estimate of drug-likeness (QED) is 0.848. The number of halogens is 1. The van der Waals surface area contributed by atoms with Crippen LogP contribution >= 0.6 is 0 Å². The number of hydrogen-bond acceptors (Lipinski definition) is 4. The molecule has 114 valence electrons. The van der Waals surface area contributed by atoms with E-state index in [1.165, 1.54) is 36.3 Å². The molecule has 1 heterocycles. The van der Waals surface area contributed by atoms with Crippen molar-refractivity contribution in [3.05, 3.63) is 35.6 Å². The van der Waals surface area contributed by atoms with Gasteiger partial charge in [-0.25, -0.2) is 4.39 Å². The molecule has 1 saturated heterocycles. The summed E-state index contributed by atoms with van der Waals surface area (Å²) in [5, 5.41) is 3.22. The van der Waals surface area contributed by atoms with Crippen molar-refractivity contribution in [1.29, 1.82) is 0 Å². The lowest BCUT2D eigenvalue weighted by Crippen LogP contribution is -2.48. The van der Waals surface area contributed by atoms with Crippen molar-refractivity contribution in [2.45, 2.75) is 18.9 Å². The SMILES string of the molecule is COC(=O)CN(C(=O)c1ccc(F)cc1)C1CCNCC1. The maximum Gasteiger partial charge on any atom is 0.325 e. The normalized spacial score (nSPS) is 15.5. The number of amides is 1. The highest BCUT2D eigenvalue weighted by Gasteiger charge is 2.28. The molecule has 21 heavy (non-hydrogen) atoms. The van der Waals surface area contributed by atoms with E-state index >= 15 is 0 Å². The number of benzene rings is 1. The minimum Gasteiger partial charge on any atom is -0.468 e. The fraction of sp³-hybridized carbons (Fsp3) is 0.467. The van der Waals surface area contributed by atoms with Crippen molar-refractivity contribution in [2.24, 2.45) is 0 Å². The number of hydrogen-bond donors (Lipinski definition) is 1. The molecule has 0 spiro atoms. The Labute approximate surface area is 123 Å². The van der Waals surface area contributed by atoms with Crippen molar-refractivity contribution in [2.75, 3.05) is 26.7 Å². The van der Waals surface area contributed by atoms with E-state index < -0.39 is 11.8 Å². The summed E-state index contributed by atoms with van der Waals surface area (Å²) in [6.45, 7) is 1.52. The van der Waals surface area contributed by atoms with E-state index in [0.29, 0.717) is 5.56 Å². The highest BCUT2D eigenvalue weighted by atomic mass is 19.1. The monoisotopic (exact) mass is 294 g/mol. The van der Waals surface area contributed by atoms with Gasteiger partial charge in [-0.1, -0.05) is 0 Å². The molecule has 1 aliphatic heterocycles. The number of nitrogens with zero attached hydrogens (tertiary/aromatic N) is 1. The number of carbonyl (C=O) groups is 2. The predicted molar refractivity (Wildman–Crippen MR) is 75.3 cm³/mol. The molecule has 6 heteroatoms. The average molecular weight is 294 g/mol. The van der Waals surface area contributed by atoms with Crippen molar-refractivity contribution in [1.82, 2.24) is 10.2 Å². The molecule has 0 aromatic heterocycles. The van der Waals surface area contributed by atoms with Gasteiger partial charge in [0.15, 0.2) is 0 Å². The Morgan fingerprint density at radius 1 is 1.29 bits per heavy atom. The third-order valence-electron chi connectivity index (χ3n) is 3.63. The fourth-order valence-corrected chi connectivity index (χ4v) is 2.45. The largest absolute Gasteiger partial charge is 0.468 e. The predicted octanol–water partition coefficient (Wildman–Crippen LogP) is 1.19. The van der Waals surface area contributed by atoms with Crippen LogP contribution in [0.15, 0.2) is 24.3 Å². The van der Waals surface area contributed by atoms with Crippen molar-refractivity contribution in [3.63, 3.8) is 0 Å². The third kappa shape index (κ3) is 4.01. The van der Waals surface area contributed by atoms with Crippen LogP contribution in [-0.4, -0.2) is 49.6 Å². The lowest BCUT2D eigenvalue weighted by molar-refractivity contribution is -0.141. The minimum absolute atomic E-state index is 0.0112. The molecule has 2 rings (SSSR count). The highest BCUT2D eigenvalue weighted by Crippen LogP contribution is 2.16. The number of methoxy groups -OCH3 is 1. The van der Waals surface area contributed by atoms with Gasteiger partial charge in [-0.3, -0.25) is 9.59 Å². The van der Waals surface area contributed by atoms with Gasteiger partial charge in [0.05, 0.1) is 7.11 Å². The van der Waals surface area contributed by atoms with E-state index in [0.717, 1.165) is 25.9 Å². The van der Waals surface area contributed by atoms with Crippen LogP contribution in [0.4, 0.5) is 4.39 Å². The van der Waals surface area contributed by atoms with Crippen LogP contribution in [0.2, 0.25) is 0 Å². The van der Waals surface area contributed by atoms with Crippen LogP contribution in [0.3, 0.4) is 0 Å². The smallest absolute Gasteiger partial charge is 0.325 e. The second kappa shape index (κ2) is 7.17. The van der Waals surface area contributed by atoms with Gasteiger partial charge in [-0.05, 0) is 50.2 Å². The molecule has 0 unspecified atom stereocenters. The van der Waals surface area contributed by atoms with Gasteiger partial charge < -0.3 is 15.0 Å². The van der Waals surface area contributed by atoms with E-state index in [4.69, 9.17) is 0 Å². The van der Waals surface area contributed by atoms with Gasteiger partial charge in [0.1, 0.15) is 12.4 Å². The second-order valence-electron chi connectivity index (χ2n) is 5.00. The van der Waals surface area contributed by atoms with E-state index in [1.54, 1.807) is 0 Å². The number of piperidine rings is 1. The summed E-state index contributed by atoms with van der Waals surface area (Å²) in [6.07, 6.45) is 1.56. The average Bonchev–Trinajstić information content (AvgIpc) is 2.53. The fourth-order valence-electron chi connectivity index (χ4n) is 2.45. The number of carbonyl (C=O) groups excluding carboxylic acids is 2. The number of esters is 1. The standard InChI is InChI=1S/C15H19FN2O3/c1-21-14(19)10-18(13-6-8-17-9-7-13)15(20)11-2-4-12(16)5-3-11/h2-5,13,17H,6-10H2,1H3. The van der Waals surface area contributed by atoms with Crippen LogP contribution in [0.25, 0.3) is 0 Å². The zero-order valence-electron chi connectivity index (χ0n) is 12.0. The lowest BCUT2D eigenvalue weighted by Gasteiger charge is -2.34. The summed E-state index contributed by atoms with van der Waals surface area (Å²) in [4.78, 5) is 25.7. The van der Waals surface area contributed by atoms with Crippen molar-refractivity contribution < 1.29 is 18.7 Å². The summed E-state index contributed by atoms with van der Waals surface area (Å²) < 4.78 is 17.6. The van der Waals surface area contributed by atoms with Crippen molar-refractivity contribution in [3.8, 4) is 0 Å². The van der Waals surface area contributed by atoms with E-state index in [-0.39, 0.29) is 18.5 Å². The maximum atomic E-state index is 13.0. The summed E-state index contributed by atoms with van der Waals surface area (Å²) in [7, 11) is 1.30. The summed E-state index contributed by atoms with van der Waals surface area (Å²) >= 11 is 0. The van der Waals surface area contributed by atoms with Gasteiger partial charge >= 0.3 is 5.97 Å². The molecule has 0 bridgehead atoms. The van der Waals surface area contributed by atoms with Gasteiger partial charge in [-0.2, -0.15) is 0 Å². The summed E-state index contributed by atoms with van der Waals surface area (Å²) in [5.41, 5.74) is 0.374. The van der Waals surface area contributed by atoms with Crippen molar-refractivity contribution >= 4 is 11.9 Å².